The molecule has 6 nitrogen and oxygen atoms in total. The second kappa shape index (κ2) is 7.47. The van der Waals surface area contributed by atoms with Gasteiger partial charge in [0.05, 0.1) is 11.4 Å². The molecule has 0 saturated carbocycles. The zero-order valence-corrected chi connectivity index (χ0v) is 16.8. The fraction of sp³-hybridized carbons (Fsp3) is 0.381. The molecule has 1 amide bonds. The monoisotopic (exact) mass is 399 g/mol. The first kappa shape index (κ1) is 18.8. The van der Waals surface area contributed by atoms with Crippen LogP contribution in [0.1, 0.15) is 35.2 Å². The Hall–Kier alpha value is -2.54. The van der Waals surface area contributed by atoms with Crippen molar-refractivity contribution in [1.29, 1.82) is 0 Å². The van der Waals surface area contributed by atoms with Gasteiger partial charge in [-0.3, -0.25) is 9.10 Å². The van der Waals surface area contributed by atoms with Gasteiger partial charge in [0.2, 0.25) is 10.0 Å². The third kappa shape index (κ3) is 3.71. The van der Waals surface area contributed by atoms with Gasteiger partial charge in [0.1, 0.15) is 0 Å². The number of anilines is 3. The Morgan fingerprint density at radius 2 is 1.68 bits per heavy atom. The van der Waals surface area contributed by atoms with Crippen LogP contribution in [0.15, 0.2) is 42.5 Å². The minimum atomic E-state index is -3.21. The van der Waals surface area contributed by atoms with E-state index in [0.29, 0.717) is 24.2 Å². The average Bonchev–Trinajstić information content (AvgIpc) is 3.31. The highest BCUT2D eigenvalue weighted by molar-refractivity contribution is 7.93. The molecule has 2 fully saturated rings. The van der Waals surface area contributed by atoms with E-state index in [-0.39, 0.29) is 11.7 Å². The van der Waals surface area contributed by atoms with E-state index < -0.39 is 10.0 Å². The smallest absolute Gasteiger partial charge is 0.255 e. The maximum Gasteiger partial charge on any atom is 0.255 e. The molecule has 1 N–H and O–H groups in total. The van der Waals surface area contributed by atoms with Crippen molar-refractivity contribution in [2.45, 2.75) is 26.2 Å². The fourth-order valence-corrected chi connectivity index (χ4v) is 5.52. The Morgan fingerprint density at radius 1 is 0.964 bits per heavy atom. The maximum absolute atomic E-state index is 12.6. The summed E-state index contributed by atoms with van der Waals surface area (Å²) in [5, 5.41) is 2.93. The molecule has 2 aliphatic rings. The van der Waals surface area contributed by atoms with Crippen molar-refractivity contribution in [3.8, 4) is 0 Å². The number of nitrogens with one attached hydrogen (secondary N) is 1. The van der Waals surface area contributed by atoms with Crippen LogP contribution >= 0.6 is 0 Å². The van der Waals surface area contributed by atoms with Crippen molar-refractivity contribution in [3.05, 3.63) is 53.6 Å². The summed E-state index contributed by atoms with van der Waals surface area (Å²) in [5.74, 6) is -0.0219. The van der Waals surface area contributed by atoms with E-state index in [9.17, 15) is 13.2 Å². The number of nitrogens with zero attached hydrogens (tertiary/aromatic N) is 2. The van der Waals surface area contributed by atoms with Crippen molar-refractivity contribution >= 4 is 33.0 Å². The van der Waals surface area contributed by atoms with E-state index in [0.717, 1.165) is 24.3 Å². The molecule has 148 valence electrons. The van der Waals surface area contributed by atoms with E-state index in [2.05, 4.69) is 23.2 Å². The number of aryl methyl sites for hydroxylation is 1. The van der Waals surface area contributed by atoms with Gasteiger partial charge in [0, 0.05) is 36.6 Å². The lowest BCUT2D eigenvalue weighted by atomic mass is 10.1. The fourth-order valence-electron chi connectivity index (χ4n) is 3.96. The van der Waals surface area contributed by atoms with Crippen LogP contribution in [0.4, 0.5) is 17.1 Å². The van der Waals surface area contributed by atoms with Gasteiger partial charge in [-0.25, -0.2) is 8.42 Å². The van der Waals surface area contributed by atoms with Crippen LogP contribution in [-0.4, -0.2) is 39.7 Å². The Morgan fingerprint density at radius 3 is 2.29 bits per heavy atom. The first-order valence-electron chi connectivity index (χ1n) is 9.71. The summed E-state index contributed by atoms with van der Waals surface area (Å²) in [6.45, 7) is 4.74. The molecule has 2 heterocycles. The Balaban J connectivity index is 1.45. The molecule has 0 unspecified atom stereocenters. The molecule has 7 heteroatoms. The topological polar surface area (TPSA) is 69.7 Å². The van der Waals surface area contributed by atoms with E-state index in [1.807, 2.05) is 12.1 Å². The lowest BCUT2D eigenvalue weighted by Crippen LogP contribution is -2.25. The lowest BCUT2D eigenvalue weighted by Gasteiger charge is -2.20. The first-order valence-corrected chi connectivity index (χ1v) is 11.3. The van der Waals surface area contributed by atoms with Gasteiger partial charge in [0.15, 0.2) is 0 Å². The van der Waals surface area contributed by atoms with Crippen molar-refractivity contribution in [2.75, 3.05) is 39.9 Å². The van der Waals surface area contributed by atoms with Crippen LogP contribution in [0, 0.1) is 6.92 Å². The molecular formula is C21H25N3O3S. The van der Waals surface area contributed by atoms with E-state index in [4.69, 9.17) is 0 Å². The normalized spacial score (nSPS) is 18.5. The molecule has 2 aliphatic heterocycles. The molecule has 0 radical (unpaired) electrons. The van der Waals surface area contributed by atoms with Gasteiger partial charge in [-0.1, -0.05) is 0 Å². The highest BCUT2D eigenvalue weighted by Gasteiger charge is 2.28. The summed E-state index contributed by atoms with van der Waals surface area (Å²) in [7, 11) is -3.21. The molecule has 2 aromatic carbocycles. The van der Waals surface area contributed by atoms with Crippen molar-refractivity contribution in [1.82, 2.24) is 0 Å². The van der Waals surface area contributed by atoms with Gasteiger partial charge in [0.25, 0.3) is 5.91 Å². The number of benzene rings is 2. The second-order valence-electron chi connectivity index (χ2n) is 7.44. The van der Waals surface area contributed by atoms with E-state index in [1.165, 1.54) is 22.8 Å². The number of amides is 1. The molecule has 0 bridgehead atoms. The summed E-state index contributed by atoms with van der Waals surface area (Å²) < 4.78 is 25.5. The Labute approximate surface area is 166 Å². The molecule has 2 saturated heterocycles. The zero-order valence-electron chi connectivity index (χ0n) is 16.0. The van der Waals surface area contributed by atoms with Crippen molar-refractivity contribution in [2.24, 2.45) is 0 Å². The summed E-state index contributed by atoms with van der Waals surface area (Å²) in [5.41, 5.74) is 4.25. The number of hydrogen-bond donors (Lipinski definition) is 1. The van der Waals surface area contributed by atoms with Crippen LogP contribution < -0.4 is 14.5 Å². The third-order valence-electron chi connectivity index (χ3n) is 5.42. The Bertz CT molecular complexity index is 980. The summed E-state index contributed by atoms with van der Waals surface area (Å²) >= 11 is 0. The summed E-state index contributed by atoms with van der Waals surface area (Å²) in [4.78, 5) is 15.0. The van der Waals surface area contributed by atoms with Gasteiger partial charge < -0.3 is 10.2 Å². The highest BCUT2D eigenvalue weighted by Crippen LogP contribution is 2.27. The standard InChI is InChI=1S/C21H25N3O3S/c1-16-15-18(7-10-20(16)23-11-2-3-12-23)22-21(25)17-5-8-19(9-6-17)24-13-4-14-28(24,26)27/h5-10,15H,2-4,11-14H2,1H3,(H,22,25). The highest BCUT2D eigenvalue weighted by atomic mass is 32.2. The minimum absolute atomic E-state index is 0.183. The van der Waals surface area contributed by atoms with Gasteiger partial charge >= 0.3 is 0 Å². The third-order valence-corrected chi connectivity index (χ3v) is 7.29. The SMILES string of the molecule is Cc1cc(NC(=O)c2ccc(N3CCCS3(=O)=O)cc2)ccc1N1CCCC1. The quantitative estimate of drug-likeness (QED) is 0.856. The summed E-state index contributed by atoms with van der Waals surface area (Å²) in [6, 6.07) is 12.7. The number of hydrogen-bond acceptors (Lipinski definition) is 4. The molecule has 0 atom stereocenters. The number of carbonyl (C=O) groups is 1. The number of sulfonamides is 1. The molecule has 4 rings (SSSR count). The van der Waals surface area contributed by atoms with Gasteiger partial charge in [-0.2, -0.15) is 0 Å². The first-order chi connectivity index (χ1) is 13.4. The zero-order chi connectivity index (χ0) is 19.7. The molecule has 28 heavy (non-hydrogen) atoms. The molecule has 0 aromatic heterocycles. The van der Waals surface area contributed by atoms with Gasteiger partial charge in [-0.05, 0) is 74.2 Å². The maximum atomic E-state index is 12.6. The van der Waals surface area contributed by atoms with Crippen LogP contribution in [0.25, 0.3) is 0 Å². The molecule has 0 spiro atoms. The largest absolute Gasteiger partial charge is 0.371 e. The van der Waals surface area contributed by atoms with Crippen molar-refractivity contribution < 1.29 is 13.2 Å². The lowest BCUT2D eigenvalue weighted by molar-refractivity contribution is 0.102. The van der Waals surface area contributed by atoms with Gasteiger partial charge in [-0.15, -0.1) is 0 Å². The predicted octanol–water partition coefficient (Wildman–Crippen LogP) is 3.39. The summed E-state index contributed by atoms with van der Waals surface area (Å²) in [6.07, 6.45) is 3.09. The number of rotatable bonds is 4. The van der Waals surface area contributed by atoms with Crippen LogP contribution in [0.5, 0.6) is 0 Å². The van der Waals surface area contributed by atoms with Crippen LogP contribution in [0.2, 0.25) is 0 Å². The molecular weight excluding hydrogens is 374 g/mol. The minimum Gasteiger partial charge on any atom is -0.371 e. The average molecular weight is 400 g/mol. The Kier molecular flexibility index (Phi) is 5.02. The molecule has 0 aliphatic carbocycles. The molecule has 2 aromatic rings. The number of carbonyl (C=O) groups excluding carboxylic acids is 1. The van der Waals surface area contributed by atoms with E-state index in [1.54, 1.807) is 24.3 Å². The van der Waals surface area contributed by atoms with Crippen LogP contribution in [-0.2, 0) is 10.0 Å². The predicted molar refractivity (Wildman–Crippen MR) is 113 cm³/mol. The van der Waals surface area contributed by atoms with Crippen LogP contribution in [0.3, 0.4) is 0 Å². The van der Waals surface area contributed by atoms with E-state index >= 15 is 0 Å². The second-order valence-corrected chi connectivity index (χ2v) is 9.45. The van der Waals surface area contributed by atoms with Crippen molar-refractivity contribution in [3.63, 3.8) is 0 Å².